The largest absolute Gasteiger partial charge is 0.351 e. The van der Waals surface area contributed by atoms with Crippen LogP contribution in [0.2, 0.25) is 0 Å². The van der Waals surface area contributed by atoms with E-state index in [1.807, 2.05) is 0 Å². The van der Waals surface area contributed by atoms with Crippen LogP contribution in [-0.2, 0) is 14.3 Å². The molecule has 0 aliphatic carbocycles. The Morgan fingerprint density at radius 2 is 2.30 bits per heavy atom. The number of morpholine rings is 1. The van der Waals surface area contributed by atoms with Crippen molar-refractivity contribution in [1.82, 2.24) is 0 Å². The van der Waals surface area contributed by atoms with E-state index < -0.39 is 0 Å². The van der Waals surface area contributed by atoms with Gasteiger partial charge in [-0.3, -0.25) is 0 Å². The number of rotatable bonds is 2. The van der Waals surface area contributed by atoms with E-state index in [9.17, 15) is 0 Å². The first-order valence-electron chi connectivity index (χ1n) is 3.40. The van der Waals surface area contributed by atoms with E-state index in [2.05, 4.69) is 0 Å². The average Bonchev–Trinajstić information content (AvgIpc) is 2.05. The van der Waals surface area contributed by atoms with Gasteiger partial charge >= 0.3 is 0 Å². The first-order chi connectivity index (χ1) is 4.86. The summed E-state index contributed by atoms with van der Waals surface area (Å²) in [5, 5.41) is 1.07. The number of methoxy groups -OCH3 is 1. The first-order valence-corrected chi connectivity index (χ1v) is 3.40. The van der Waals surface area contributed by atoms with Crippen LogP contribution in [0.4, 0.5) is 0 Å². The maximum absolute atomic E-state index is 5.24. The minimum Gasteiger partial charge on any atom is -0.351 e. The van der Waals surface area contributed by atoms with E-state index in [1.165, 1.54) is 0 Å². The van der Waals surface area contributed by atoms with E-state index in [-0.39, 0.29) is 6.29 Å². The van der Waals surface area contributed by atoms with Crippen molar-refractivity contribution in [3.05, 3.63) is 0 Å². The zero-order valence-electron chi connectivity index (χ0n) is 6.42. The van der Waals surface area contributed by atoms with E-state index in [0.717, 1.165) is 18.2 Å². The highest BCUT2D eigenvalue weighted by Crippen LogP contribution is 1.91. The molecule has 1 heterocycles. The van der Waals surface area contributed by atoms with Crippen LogP contribution in [0.5, 0.6) is 0 Å². The molecule has 0 bridgehead atoms. The Bertz CT molecular complexity index is 89.0. The highest BCUT2D eigenvalue weighted by Gasteiger charge is 2.23. The van der Waals surface area contributed by atoms with Crippen molar-refractivity contribution in [1.29, 1.82) is 0 Å². The SMILES string of the molecule is COC1C[NH+](OC)CCO1. The molecule has 0 radical (unpaired) electrons. The predicted octanol–water partition coefficient (Wildman–Crippen LogP) is -1.56. The van der Waals surface area contributed by atoms with Crippen molar-refractivity contribution in [2.45, 2.75) is 6.29 Å². The van der Waals surface area contributed by atoms with Gasteiger partial charge in [0, 0.05) is 7.11 Å². The topological polar surface area (TPSA) is 32.1 Å². The molecule has 0 aromatic carbocycles. The molecule has 1 aliphatic rings. The Morgan fingerprint density at radius 3 is 2.90 bits per heavy atom. The Balaban J connectivity index is 2.25. The third-order valence-electron chi connectivity index (χ3n) is 1.63. The van der Waals surface area contributed by atoms with Gasteiger partial charge in [-0.25, -0.2) is 4.84 Å². The smallest absolute Gasteiger partial charge is 0.210 e. The van der Waals surface area contributed by atoms with Gasteiger partial charge in [-0.15, -0.1) is 0 Å². The summed E-state index contributed by atoms with van der Waals surface area (Å²) in [4.78, 5) is 5.08. The standard InChI is InChI=1S/C6H13NO3/c1-8-6-5-7(9-2)3-4-10-6/h6H,3-5H2,1-2H3/p+1. The Hall–Kier alpha value is -0.160. The molecule has 0 spiro atoms. The van der Waals surface area contributed by atoms with Gasteiger partial charge in [0.05, 0.1) is 7.11 Å². The maximum Gasteiger partial charge on any atom is 0.210 e. The lowest BCUT2D eigenvalue weighted by molar-refractivity contribution is -1.10. The van der Waals surface area contributed by atoms with Gasteiger partial charge in [0.25, 0.3) is 0 Å². The van der Waals surface area contributed by atoms with Crippen molar-refractivity contribution in [3.8, 4) is 0 Å². The number of ether oxygens (including phenoxy) is 2. The zero-order chi connectivity index (χ0) is 7.40. The zero-order valence-corrected chi connectivity index (χ0v) is 6.42. The summed E-state index contributed by atoms with van der Waals surface area (Å²) in [6.07, 6.45) is -0.0938. The third kappa shape index (κ3) is 1.91. The number of hydrogen-bond acceptors (Lipinski definition) is 3. The van der Waals surface area contributed by atoms with Crippen LogP contribution in [-0.4, -0.2) is 40.2 Å². The molecule has 0 aromatic heterocycles. The molecule has 2 atom stereocenters. The van der Waals surface area contributed by atoms with Crippen molar-refractivity contribution < 1.29 is 19.4 Å². The molecule has 10 heavy (non-hydrogen) atoms. The number of quaternary nitrogens is 1. The monoisotopic (exact) mass is 148 g/mol. The van der Waals surface area contributed by atoms with Crippen molar-refractivity contribution >= 4 is 0 Å². The number of nitrogens with one attached hydrogen (secondary N) is 1. The summed E-state index contributed by atoms with van der Waals surface area (Å²) < 4.78 is 10.2. The van der Waals surface area contributed by atoms with Gasteiger partial charge in [0.1, 0.15) is 13.2 Å². The molecule has 4 nitrogen and oxygen atoms in total. The molecule has 0 saturated carbocycles. The van der Waals surface area contributed by atoms with Gasteiger partial charge < -0.3 is 9.47 Å². The average molecular weight is 148 g/mol. The Labute approximate surface area is 60.6 Å². The maximum atomic E-state index is 5.24. The Kier molecular flexibility index (Phi) is 3.08. The summed E-state index contributed by atoms with van der Waals surface area (Å²) in [6, 6.07) is 0. The quantitative estimate of drug-likeness (QED) is 0.514. The molecule has 1 rings (SSSR count). The molecular weight excluding hydrogens is 134 g/mol. The second kappa shape index (κ2) is 3.88. The summed E-state index contributed by atoms with van der Waals surface area (Å²) in [5.74, 6) is 0. The van der Waals surface area contributed by atoms with Gasteiger partial charge in [0.2, 0.25) is 6.29 Å². The molecule has 1 N–H and O–H groups in total. The fraction of sp³-hybridized carbons (Fsp3) is 1.00. The second-order valence-corrected chi connectivity index (χ2v) is 2.23. The summed E-state index contributed by atoms with van der Waals surface area (Å²) in [5.41, 5.74) is 0. The molecule has 0 aromatic rings. The second-order valence-electron chi connectivity index (χ2n) is 2.23. The van der Waals surface area contributed by atoms with Crippen molar-refractivity contribution in [2.75, 3.05) is 33.9 Å². The fourth-order valence-electron chi connectivity index (χ4n) is 0.988. The molecular formula is C6H14NO3+. The van der Waals surface area contributed by atoms with Crippen LogP contribution in [0.25, 0.3) is 0 Å². The lowest BCUT2D eigenvalue weighted by Crippen LogP contribution is -3.13. The van der Waals surface area contributed by atoms with E-state index >= 15 is 0 Å². The lowest BCUT2D eigenvalue weighted by Gasteiger charge is -2.25. The van der Waals surface area contributed by atoms with Crippen LogP contribution >= 0.6 is 0 Å². The molecule has 1 aliphatic heterocycles. The van der Waals surface area contributed by atoms with Crippen LogP contribution < -0.4 is 5.06 Å². The lowest BCUT2D eigenvalue weighted by atomic mass is 10.5. The summed E-state index contributed by atoms with van der Waals surface area (Å²) in [6.45, 7) is 2.38. The molecule has 60 valence electrons. The Morgan fingerprint density at radius 1 is 1.50 bits per heavy atom. The number of hydrogen-bond donors (Lipinski definition) is 1. The third-order valence-corrected chi connectivity index (χ3v) is 1.63. The molecule has 4 heteroatoms. The van der Waals surface area contributed by atoms with Gasteiger partial charge in [-0.1, -0.05) is 0 Å². The normalized spacial score (nSPS) is 34.2. The summed E-state index contributed by atoms with van der Waals surface area (Å²) in [7, 11) is 3.33. The van der Waals surface area contributed by atoms with Gasteiger partial charge in [-0.2, -0.15) is 5.06 Å². The van der Waals surface area contributed by atoms with Crippen LogP contribution in [0, 0.1) is 0 Å². The van der Waals surface area contributed by atoms with E-state index in [1.54, 1.807) is 14.2 Å². The van der Waals surface area contributed by atoms with Gasteiger partial charge in [0.15, 0.2) is 6.54 Å². The van der Waals surface area contributed by atoms with E-state index in [4.69, 9.17) is 14.3 Å². The van der Waals surface area contributed by atoms with Gasteiger partial charge in [-0.05, 0) is 0 Å². The minimum absolute atomic E-state index is 0.0938. The summed E-state index contributed by atoms with van der Waals surface area (Å²) >= 11 is 0. The highest BCUT2D eigenvalue weighted by atomic mass is 16.7. The van der Waals surface area contributed by atoms with Crippen molar-refractivity contribution in [2.24, 2.45) is 0 Å². The van der Waals surface area contributed by atoms with Crippen LogP contribution in [0.3, 0.4) is 0 Å². The predicted molar refractivity (Wildman–Crippen MR) is 34.5 cm³/mol. The van der Waals surface area contributed by atoms with Crippen LogP contribution in [0.1, 0.15) is 0 Å². The highest BCUT2D eigenvalue weighted by molar-refractivity contribution is 4.42. The fourth-order valence-corrected chi connectivity index (χ4v) is 0.988. The molecule has 0 amide bonds. The first kappa shape index (κ1) is 7.94. The van der Waals surface area contributed by atoms with E-state index in [0.29, 0.717) is 6.61 Å². The van der Waals surface area contributed by atoms with Crippen LogP contribution in [0.15, 0.2) is 0 Å². The minimum atomic E-state index is -0.0938. The number of hydroxylamine groups is 2. The molecule has 1 fully saturated rings. The molecule has 2 unspecified atom stereocenters. The molecule has 1 saturated heterocycles. The van der Waals surface area contributed by atoms with Crippen molar-refractivity contribution in [3.63, 3.8) is 0 Å².